The number of piperazine rings is 1. The van der Waals surface area contributed by atoms with Crippen molar-refractivity contribution in [2.24, 2.45) is 0 Å². The van der Waals surface area contributed by atoms with Crippen molar-refractivity contribution in [1.82, 2.24) is 5.32 Å². The van der Waals surface area contributed by atoms with E-state index in [-0.39, 0.29) is 11.9 Å². The van der Waals surface area contributed by atoms with Crippen LogP contribution in [0.2, 0.25) is 0 Å². The summed E-state index contributed by atoms with van der Waals surface area (Å²) >= 11 is 0. The number of nitrogens with one attached hydrogen (secondary N) is 1. The minimum absolute atomic E-state index is 0.0795. The van der Waals surface area contributed by atoms with Gasteiger partial charge in [0.15, 0.2) is 0 Å². The molecule has 0 spiro atoms. The molecule has 2 heterocycles. The minimum atomic E-state index is -0.217. The molecule has 1 aromatic rings. The van der Waals surface area contributed by atoms with Gasteiger partial charge in [0.2, 0.25) is 0 Å². The molecule has 0 amide bonds. The van der Waals surface area contributed by atoms with Gasteiger partial charge in [0.1, 0.15) is 17.7 Å². The number of benzene rings is 1. The highest BCUT2D eigenvalue weighted by Crippen LogP contribution is 2.31. The second-order valence-corrected chi connectivity index (χ2v) is 5.31. The molecular weight excluding hydrogens is 259 g/mol. The molecule has 2 aliphatic heterocycles. The van der Waals surface area contributed by atoms with Crippen molar-refractivity contribution < 1.29 is 13.9 Å². The SMILES string of the molecule is Fc1ccc(OC2CCCOC2)c(N2CCNCC2)c1. The molecule has 5 heteroatoms. The molecule has 2 fully saturated rings. The first-order chi connectivity index (χ1) is 9.83. The maximum atomic E-state index is 13.6. The van der Waals surface area contributed by atoms with Gasteiger partial charge in [-0.25, -0.2) is 4.39 Å². The van der Waals surface area contributed by atoms with Crippen LogP contribution in [0.1, 0.15) is 12.8 Å². The van der Waals surface area contributed by atoms with Crippen LogP contribution in [0.5, 0.6) is 5.75 Å². The lowest BCUT2D eigenvalue weighted by Crippen LogP contribution is -2.43. The summed E-state index contributed by atoms with van der Waals surface area (Å²) in [6, 6.07) is 4.77. The maximum Gasteiger partial charge on any atom is 0.143 e. The maximum absolute atomic E-state index is 13.6. The second-order valence-electron chi connectivity index (χ2n) is 5.31. The average Bonchev–Trinajstić information content (AvgIpc) is 2.51. The molecular formula is C15H21FN2O2. The van der Waals surface area contributed by atoms with Gasteiger partial charge in [0.25, 0.3) is 0 Å². The summed E-state index contributed by atoms with van der Waals surface area (Å²) in [6.07, 6.45) is 2.10. The molecule has 1 aromatic carbocycles. The van der Waals surface area contributed by atoms with Crippen molar-refractivity contribution in [2.75, 3.05) is 44.3 Å². The Morgan fingerprint density at radius 3 is 2.90 bits per heavy atom. The molecule has 0 saturated carbocycles. The molecule has 0 bridgehead atoms. The zero-order chi connectivity index (χ0) is 13.8. The summed E-state index contributed by atoms with van der Waals surface area (Å²) < 4.78 is 25.0. The number of anilines is 1. The molecule has 1 unspecified atom stereocenters. The van der Waals surface area contributed by atoms with E-state index in [0.29, 0.717) is 6.61 Å². The van der Waals surface area contributed by atoms with Crippen LogP contribution in [-0.4, -0.2) is 45.5 Å². The molecule has 1 N–H and O–H groups in total. The van der Waals surface area contributed by atoms with Crippen LogP contribution in [0.25, 0.3) is 0 Å². The molecule has 0 aliphatic carbocycles. The third-order valence-corrected chi connectivity index (χ3v) is 3.79. The van der Waals surface area contributed by atoms with E-state index < -0.39 is 0 Å². The van der Waals surface area contributed by atoms with Gasteiger partial charge in [0.05, 0.1) is 12.3 Å². The summed E-state index contributed by atoms with van der Waals surface area (Å²) in [5.74, 6) is 0.551. The van der Waals surface area contributed by atoms with Gasteiger partial charge in [-0.15, -0.1) is 0 Å². The van der Waals surface area contributed by atoms with Gasteiger partial charge >= 0.3 is 0 Å². The first-order valence-electron chi connectivity index (χ1n) is 7.32. The first-order valence-corrected chi connectivity index (χ1v) is 7.32. The lowest BCUT2D eigenvalue weighted by atomic mass is 10.1. The number of halogens is 1. The molecule has 2 saturated heterocycles. The van der Waals surface area contributed by atoms with Crippen LogP contribution in [0.4, 0.5) is 10.1 Å². The lowest BCUT2D eigenvalue weighted by Gasteiger charge is -2.32. The summed E-state index contributed by atoms with van der Waals surface area (Å²) in [5.41, 5.74) is 0.858. The predicted molar refractivity (Wildman–Crippen MR) is 76.0 cm³/mol. The fourth-order valence-corrected chi connectivity index (χ4v) is 2.73. The highest BCUT2D eigenvalue weighted by atomic mass is 19.1. The Morgan fingerprint density at radius 1 is 1.30 bits per heavy atom. The Hall–Kier alpha value is -1.33. The predicted octanol–water partition coefficient (Wildman–Crippen LogP) is 1.79. The third-order valence-electron chi connectivity index (χ3n) is 3.79. The zero-order valence-electron chi connectivity index (χ0n) is 11.6. The molecule has 110 valence electrons. The van der Waals surface area contributed by atoms with Crippen LogP contribution in [0, 0.1) is 5.82 Å². The number of nitrogens with zero attached hydrogens (tertiary/aromatic N) is 1. The Bertz CT molecular complexity index is 443. The van der Waals surface area contributed by atoms with Crippen molar-refractivity contribution >= 4 is 5.69 Å². The van der Waals surface area contributed by atoms with E-state index in [2.05, 4.69) is 10.2 Å². The highest BCUT2D eigenvalue weighted by molar-refractivity contribution is 5.59. The van der Waals surface area contributed by atoms with E-state index in [4.69, 9.17) is 9.47 Å². The largest absolute Gasteiger partial charge is 0.486 e. The monoisotopic (exact) mass is 280 g/mol. The van der Waals surface area contributed by atoms with E-state index in [1.54, 1.807) is 12.1 Å². The van der Waals surface area contributed by atoms with E-state index in [1.807, 2.05) is 0 Å². The molecule has 1 atom stereocenters. The standard InChI is InChI=1S/C15H21FN2O2/c16-12-3-4-15(20-13-2-1-9-19-11-13)14(10-12)18-7-5-17-6-8-18/h3-4,10,13,17H,1-2,5-9,11H2. The van der Waals surface area contributed by atoms with E-state index in [0.717, 1.165) is 57.1 Å². The van der Waals surface area contributed by atoms with Gasteiger partial charge < -0.3 is 19.7 Å². The topological polar surface area (TPSA) is 33.7 Å². The third kappa shape index (κ3) is 3.22. The molecule has 0 aromatic heterocycles. The quantitative estimate of drug-likeness (QED) is 0.915. The number of ether oxygens (including phenoxy) is 2. The zero-order valence-corrected chi connectivity index (χ0v) is 11.6. The summed E-state index contributed by atoms with van der Waals surface area (Å²) in [5, 5.41) is 3.30. The molecule has 20 heavy (non-hydrogen) atoms. The van der Waals surface area contributed by atoms with E-state index >= 15 is 0 Å². The number of hydrogen-bond donors (Lipinski definition) is 1. The Labute approximate surface area is 118 Å². The smallest absolute Gasteiger partial charge is 0.143 e. The van der Waals surface area contributed by atoms with Gasteiger partial charge in [-0.05, 0) is 25.0 Å². The van der Waals surface area contributed by atoms with E-state index in [9.17, 15) is 4.39 Å². The van der Waals surface area contributed by atoms with Gasteiger partial charge in [-0.3, -0.25) is 0 Å². The van der Waals surface area contributed by atoms with Crippen molar-refractivity contribution in [1.29, 1.82) is 0 Å². The van der Waals surface area contributed by atoms with Crippen LogP contribution >= 0.6 is 0 Å². The Morgan fingerprint density at radius 2 is 2.15 bits per heavy atom. The average molecular weight is 280 g/mol. The fraction of sp³-hybridized carbons (Fsp3) is 0.600. The second kappa shape index (κ2) is 6.41. The molecule has 2 aliphatic rings. The number of rotatable bonds is 3. The minimum Gasteiger partial charge on any atom is -0.486 e. The van der Waals surface area contributed by atoms with E-state index in [1.165, 1.54) is 6.07 Å². The summed E-state index contributed by atoms with van der Waals surface area (Å²) in [4.78, 5) is 2.18. The number of hydrogen-bond acceptors (Lipinski definition) is 4. The van der Waals surface area contributed by atoms with Crippen molar-refractivity contribution in [3.8, 4) is 5.75 Å². The molecule has 3 rings (SSSR count). The lowest BCUT2D eigenvalue weighted by molar-refractivity contribution is 0.00759. The van der Waals surface area contributed by atoms with Crippen molar-refractivity contribution in [3.63, 3.8) is 0 Å². The highest BCUT2D eigenvalue weighted by Gasteiger charge is 2.20. The fourth-order valence-electron chi connectivity index (χ4n) is 2.73. The summed E-state index contributed by atoms with van der Waals surface area (Å²) in [7, 11) is 0. The normalized spacial score (nSPS) is 23.6. The summed E-state index contributed by atoms with van der Waals surface area (Å²) in [6.45, 7) is 5.03. The van der Waals surface area contributed by atoms with Gasteiger partial charge in [-0.1, -0.05) is 0 Å². The van der Waals surface area contributed by atoms with Gasteiger partial charge in [0, 0.05) is 38.9 Å². The van der Waals surface area contributed by atoms with Crippen LogP contribution < -0.4 is 15.0 Å². The van der Waals surface area contributed by atoms with Crippen LogP contribution in [0.3, 0.4) is 0 Å². The van der Waals surface area contributed by atoms with Crippen molar-refractivity contribution in [3.05, 3.63) is 24.0 Å². The molecule has 0 radical (unpaired) electrons. The van der Waals surface area contributed by atoms with Gasteiger partial charge in [-0.2, -0.15) is 0 Å². The Balaban J connectivity index is 1.77. The van der Waals surface area contributed by atoms with Crippen molar-refractivity contribution in [2.45, 2.75) is 18.9 Å². The Kier molecular flexibility index (Phi) is 4.38. The van der Waals surface area contributed by atoms with Crippen LogP contribution in [-0.2, 0) is 4.74 Å². The first kappa shape index (κ1) is 13.6. The van der Waals surface area contributed by atoms with Crippen LogP contribution in [0.15, 0.2) is 18.2 Å². The molecule has 4 nitrogen and oxygen atoms in total.